The highest BCUT2D eigenvalue weighted by molar-refractivity contribution is 5.93. The van der Waals surface area contributed by atoms with Gasteiger partial charge in [-0.15, -0.1) is 0 Å². The van der Waals surface area contributed by atoms with Crippen LogP contribution in [0.5, 0.6) is 0 Å². The molecule has 0 radical (unpaired) electrons. The van der Waals surface area contributed by atoms with Crippen LogP contribution in [-0.4, -0.2) is 27.0 Å². The van der Waals surface area contributed by atoms with Crippen LogP contribution in [0.15, 0.2) is 35.6 Å². The van der Waals surface area contributed by atoms with Crippen molar-refractivity contribution >= 4 is 5.91 Å². The van der Waals surface area contributed by atoms with Gasteiger partial charge in [0, 0.05) is 42.3 Å². The van der Waals surface area contributed by atoms with Crippen molar-refractivity contribution in [3.8, 4) is 0 Å². The van der Waals surface area contributed by atoms with Crippen molar-refractivity contribution in [1.29, 1.82) is 0 Å². The number of carbonyl (C=O) groups is 1. The maximum Gasteiger partial charge on any atom is 0.256 e. The van der Waals surface area contributed by atoms with Crippen molar-refractivity contribution in [2.24, 2.45) is 0 Å². The molecule has 2 aromatic heterocycles. The Kier molecular flexibility index (Phi) is 4.24. The summed E-state index contributed by atoms with van der Waals surface area (Å²) in [6.45, 7) is 4.30. The van der Waals surface area contributed by atoms with Crippen molar-refractivity contribution in [3.63, 3.8) is 0 Å². The van der Waals surface area contributed by atoms with E-state index in [0.29, 0.717) is 24.2 Å². The predicted molar refractivity (Wildman–Crippen MR) is 74.5 cm³/mol. The van der Waals surface area contributed by atoms with Gasteiger partial charge >= 0.3 is 0 Å². The molecule has 104 valence electrons. The number of pyridine rings is 1. The van der Waals surface area contributed by atoms with Gasteiger partial charge in [0.1, 0.15) is 0 Å². The minimum atomic E-state index is -0.183. The Morgan fingerprint density at radius 3 is 2.70 bits per heavy atom. The minimum absolute atomic E-state index is 0.0735. The fourth-order valence-electron chi connectivity index (χ4n) is 1.73. The van der Waals surface area contributed by atoms with Crippen LogP contribution in [0.2, 0.25) is 0 Å². The summed E-state index contributed by atoms with van der Waals surface area (Å²) >= 11 is 0. The van der Waals surface area contributed by atoms with Gasteiger partial charge in [-0.1, -0.05) is 0 Å². The molecule has 6 nitrogen and oxygen atoms in total. The normalized spacial score (nSPS) is 10.3. The van der Waals surface area contributed by atoms with Crippen LogP contribution in [0.4, 0.5) is 0 Å². The summed E-state index contributed by atoms with van der Waals surface area (Å²) in [7, 11) is 0. The molecule has 20 heavy (non-hydrogen) atoms. The zero-order valence-corrected chi connectivity index (χ0v) is 11.5. The van der Waals surface area contributed by atoms with E-state index in [-0.39, 0.29) is 11.5 Å². The van der Waals surface area contributed by atoms with Gasteiger partial charge < -0.3 is 5.32 Å². The smallest absolute Gasteiger partial charge is 0.256 e. The molecule has 1 amide bonds. The van der Waals surface area contributed by atoms with Gasteiger partial charge in [0.15, 0.2) is 0 Å². The lowest BCUT2D eigenvalue weighted by Crippen LogP contribution is -2.32. The standard InChI is InChI=1S/C14H16N4O2/c1-10-11(2)17-9-18(14(10)20)8-7-16-13(19)12-3-5-15-6-4-12/h3-6,9H,7-8H2,1-2H3,(H,16,19). The van der Waals surface area contributed by atoms with E-state index in [0.717, 1.165) is 5.69 Å². The zero-order chi connectivity index (χ0) is 14.5. The van der Waals surface area contributed by atoms with Crippen LogP contribution in [0.1, 0.15) is 21.6 Å². The second-order valence-electron chi connectivity index (χ2n) is 4.45. The van der Waals surface area contributed by atoms with Crippen LogP contribution in [0, 0.1) is 13.8 Å². The SMILES string of the molecule is Cc1ncn(CCNC(=O)c2ccncc2)c(=O)c1C. The average molecular weight is 272 g/mol. The summed E-state index contributed by atoms with van der Waals surface area (Å²) in [5.41, 5.74) is 1.83. The summed E-state index contributed by atoms with van der Waals surface area (Å²) in [5, 5.41) is 2.75. The number of aryl methyl sites for hydroxylation is 1. The molecule has 2 heterocycles. The molecule has 0 unspecified atom stereocenters. The molecule has 0 saturated carbocycles. The Hall–Kier alpha value is -2.50. The molecule has 2 rings (SSSR count). The number of nitrogens with one attached hydrogen (secondary N) is 1. The number of hydrogen-bond donors (Lipinski definition) is 1. The average Bonchev–Trinajstić information content (AvgIpc) is 2.48. The largest absolute Gasteiger partial charge is 0.350 e. The maximum atomic E-state index is 11.9. The van der Waals surface area contributed by atoms with Crippen LogP contribution in [0.25, 0.3) is 0 Å². The van der Waals surface area contributed by atoms with Crippen molar-refractivity contribution in [1.82, 2.24) is 19.9 Å². The molecule has 2 aromatic rings. The van der Waals surface area contributed by atoms with E-state index in [1.807, 2.05) is 0 Å². The molecule has 1 N–H and O–H groups in total. The molecular formula is C14H16N4O2. The van der Waals surface area contributed by atoms with Gasteiger partial charge in [0.25, 0.3) is 11.5 Å². The van der Waals surface area contributed by atoms with E-state index < -0.39 is 0 Å². The number of hydrogen-bond acceptors (Lipinski definition) is 4. The van der Waals surface area contributed by atoms with Gasteiger partial charge in [-0.2, -0.15) is 0 Å². The van der Waals surface area contributed by atoms with E-state index in [9.17, 15) is 9.59 Å². The molecule has 0 aliphatic rings. The Labute approximate surface area is 116 Å². The number of amides is 1. The van der Waals surface area contributed by atoms with Crippen molar-refractivity contribution in [3.05, 3.63) is 58.0 Å². The lowest BCUT2D eigenvalue weighted by atomic mass is 10.2. The summed E-state index contributed by atoms with van der Waals surface area (Å²) in [6, 6.07) is 3.28. The Morgan fingerprint density at radius 2 is 2.00 bits per heavy atom. The van der Waals surface area contributed by atoms with E-state index in [2.05, 4.69) is 15.3 Å². The second-order valence-corrected chi connectivity index (χ2v) is 4.45. The Balaban J connectivity index is 1.96. The van der Waals surface area contributed by atoms with Crippen LogP contribution < -0.4 is 10.9 Å². The highest BCUT2D eigenvalue weighted by Crippen LogP contribution is 1.96. The third kappa shape index (κ3) is 3.09. The minimum Gasteiger partial charge on any atom is -0.350 e. The van der Waals surface area contributed by atoms with Crippen molar-refractivity contribution in [2.75, 3.05) is 6.54 Å². The molecule has 0 atom stereocenters. The van der Waals surface area contributed by atoms with Gasteiger partial charge in [-0.3, -0.25) is 19.1 Å². The van der Waals surface area contributed by atoms with E-state index in [4.69, 9.17) is 0 Å². The first-order valence-corrected chi connectivity index (χ1v) is 6.30. The number of rotatable bonds is 4. The molecule has 0 aliphatic carbocycles. The predicted octanol–water partition coefficient (Wildman–Crippen LogP) is 0.685. The fourth-order valence-corrected chi connectivity index (χ4v) is 1.73. The third-order valence-corrected chi connectivity index (χ3v) is 3.10. The summed E-state index contributed by atoms with van der Waals surface area (Å²) < 4.78 is 1.50. The summed E-state index contributed by atoms with van der Waals surface area (Å²) in [6.07, 6.45) is 4.63. The highest BCUT2D eigenvalue weighted by atomic mass is 16.1. The van der Waals surface area contributed by atoms with Gasteiger partial charge in [0.2, 0.25) is 0 Å². The molecule has 0 aromatic carbocycles. The number of carbonyl (C=O) groups excluding carboxylic acids is 1. The van der Waals surface area contributed by atoms with Gasteiger partial charge in [-0.05, 0) is 26.0 Å². The van der Waals surface area contributed by atoms with E-state index in [1.54, 1.807) is 38.4 Å². The quantitative estimate of drug-likeness (QED) is 0.888. The first kappa shape index (κ1) is 13.9. The first-order chi connectivity index (χ1) is 9.59. The maximum absolute atomic E-state index is 11.9. The molecule has 0 spiro atoms. The molecule has 0 aliphatic heterocycles. The van der Waals surface area contributed by atoms with Gasteiger partial charge in [0.05, 0.1) is 6.33 Å². The molecule has 0 saturated heterocycles. The molecular weight excluding hydrogens is 256 g/mol. The first-order valence-electron chi connectivity index (χ1n) is 6.30. The van der Waals surface area contributed by atoms with Crippen molar-refractivity contribution < 1.29 is 4.79 Å². The second kappa shape index (κ2) is 6.10. The fraction of sp³-hybridized carbons (Fsp3) is 0.286. The van der Waals surface area contributed by atoms with Crippen LogP contribution in [-0.2, 0) is 6.54 Å². The van der Waals surface area contributed by atoms with E-state index in [1.165, 1.54) is 10.9 Å². The highest BCUT2D eigenvalue weighted by Gasteiger charge is 2.06. The lowest BCUT2D eigenvalue weighted by Gasteiger charge is -2.08. The lowest BCUT2D eigenvalue weighted by molar-refractivity contribution is 0.0952. The van der Waals surface area contributed by atoms with E-state index >= 15 is 0 Å². The Bertz CT molecular complexity index is 665. The van der Waals surface area contributed by atoms with Gasteiger partial charge in [-0.25, -0.2) is 4.98 Å². The van der Waals surface area contributed by atoms with Crippen LogP contribution in [0.3, 0.4) is 0 Å². The number of aromatic nitrogens is 3. The molecule has 0 bridgehead atoms. The molecule has 6 heteroatoms. The van der Waals surface area contributed by atoms with Crippen LogP contribution >= 0.6 is 0 Å². The zero-order valence-electron chi connectivity index (χ0n) is 11.5. The summed E-state index contributed by atoms with van der Waals surface area (Å²) in [4.78, 5) is 31.7. The summed E-state index contributed by atoms with van der Waals surface area (Å²) in [5.74, 6) is -0.183. The Morgan fingerprint density at radius 1 is 1.30 bits per heavy atom. The van der Waals surface area contributed by atoms with Crippen molar-refractivity contribution in [2.45, 2.75) is 20.4 Å². The topological polar surface area (TPSA) is 76.9 Å². The third-order valence-electron chi connectivity index (χ3n) is 3.10. The monoisotopic (exact) mass is 272 g/mol. The number of nitrogens with zero attached hydrogens (tertiary/aromatic N) is 3. The molecule has 0 fully saturated rings.